The highest BCUT2D eigenvalue weighted by atomic mass is 35.5. The predicted octanol–water partition coefficient (Wildman–Crippen LogP) is 4.36. The summed E-state index contributed by atoms with van der Waals surface area (Å²) in [7, 11) is 0. The summed E-state index contributed by atoms with van der Waals surface area (Å²) < 4.78 is 0. The maximum absolute atomic E-state index is 5.98. The van der Waals surface area contributed by atoms with E-state index in [1.807, 2.05) is 12.3 Å². The fourth-order valence-electron chi connectivity index (χ4n) is 3.15. The lowest BCUT2D eigenvalue weighted by Crippen LogP contribution is -2.22. The van der Waals surface area contributed by atoms with Crippen LogP contribution in [-0.2, 0) is 0 Å². The van der Waals surface area contributed by atoms with E-state index in [0.717, 1.165) is 36.7 Å². The highest BCUT2D eigenvalue weighted by molar-refractivity contribution is 6.18. The van der Waals surface area contributed by atoms with Crippen molar-refractivity contribution in [2.45, 2.75) is 6.42 Å². The van der Waals surface area contributed by atoms with Gasteiger partial charge in [-0.1, -0.05) is 36.4 Å². The Hall–Kier alpha value is -2.13. The van der Waals surface area contributed by atoms with Crippen LogP contribution >= 0.6 is 11.6 Å². The van der Waals surface area contributed by atoms with Crippen LogP contribution in [0.1, 0.15) is 6.42 Å². The second-order valence-corrected chi connectivity index (χ2v) is 6.37. The van der Waals surface area contributed by atoms with Crippen LogP contribution in [0.4, 0.5) is 5.95 Å². The fourth-order valence-corrected chi connectivity index (χ4v) is 3.40. The largest absolute Gasteiger partial charge is 0.340 e. The van der Waals surface area contributed by atoms with E-state index in [1.54, 1.807) is 0 Å². The lowest BCUT2D eigenvalue weighted by atomic mass is 10.1. The van der Waals surface area contributed by atoms with Crippen molar-refractivity contribution in [1.29, 1.82) is 0 Å². The molecule has 0 amide bonds. The number of fused-ring (bicyclic) bond motifs is 1. The van der Waals surface area contributed by atoms with Gasteiger partial charge in [-0.05, 0) is 35.2 Å². The fraction of sp³-hybridized carbons (Fsp3) is 0.263. The number of alkyl halides is 1. The first-order valence-corrected chi connectivity index (χ1v) is 8.50. The molecule has 1 saturated heterocycles. The number of rotatable bonds is 3. The summed E-state index contributed by atoms with van der Waals surface area (Å²) in [5, 5.41) is 2.48. The highest BCUT2D eigenvalue weighted by Crippen LogP contribution is 2.26. The Bertz CT molecular complexity index is 833. The molecule has 4 heteroatoms. The summed E-state index contributed by atoms with van der Waals surface area (Å²) in [4.78, 5) is 11.5. The van der Waals surface area contributed by atoms with Crippen molar-refractivity contribution in [2.75, 3.05) is 23.9 Å². The molecule has 0 saturated carbocycles. The topological polar surface area (TPSA) is 29.0 Å². The standard InChI is InChI=1S/C19H18ClN3/c20-12-14-8-10-23(13-14)19-21-9-7-18(22-19)17-6-5-15-3-1-2-4-16(15)11-17/h1-7,9,11,14H,8,10,12-13H2. The maximum atomic E-state index is 5.98. The number of hydrogen-bond donors (Lipinski definition) is 0. The van der Waals surface area contributed by atoms with E-state index in [4.69, 9.17) is 16.6 Å². The molecule has 3 aromatic rings. The van der Waals surface area contributed by atoms with Gasteiger partial charge in [0.25, 0.3) is 0 Å². The molecule has 0 spiro atoms. The Morgan fingerprint density at radius 3 is 2.78 bits per heavy atom. The molecule has 2 aromatic carbocycles. The van der Waals surface area contributed by atoms with Crippen molar-refractivity contribution >= 4 is 28.3 Å². The van der Waals surface area contributed by atoms with Crippen LogP contribution in [0, 0.1) is 5.92 Å². The second kappa shape index (κ2) is 6.17. The zero-order valence-corrected chi connectivity index (χ0v) is 13.6. The van der Waals surface area contributed by atoms with E-state index in [9.17, 15) is 0 Å². The monoisotopic (exact) mass is 323 g/mol. The van der Waals surface area contributed by atoms with E-state index in [1.165, 1.54) is 10.8 Å². The maximum Gasteiger partial charge on any atom is 0.225 e. The number of benzene rings is 2. The lowest BCUT2D eigenvalue weighted by Gasteiger charge is -2.16. The van der Waals surface area contributed by atoms with E-state index >= 15 is 0 Å². The third kappa shape index (κ3) is 2.89. The predicted molar refractivity (Wildman–Crippen MR) is 96.0 cm³/mol. The first-order valence-electron chi connectivity index (χ1n) is 7.96. The van der Waals surface area contributed by atoms with Crippen LogP contribution in [0.25, 0.3) is 22.0 Å². The molecule has 1 aliphatic rings. The van der Waals surface area contributed by atoms with Crippen LogP contribution in [0.5, 0.6) is 0 Å². The summed E-state index contributed by atoms with van der Waals surface area (Å²) in [6, 6.07) is 16.8. The van der Waals surface area contributed by atoms with Gasteiger partial charge < -0.3 is 4.90 Å². The van der Waals surface area contributed by atoms with Gasteiger partial charge in [-0.3, -0.25) is 0 Å². The SMILES string of the molecule is ClCC1CCN(c2nccc(-c3ccc4ccccc4c3)n2)C1. The van der Waals surface area contributed by atoms with Gasteiger partial charge in [-0.25, -0.2) is 9.97 Å². The molecule has 2 heterocycles. The molecule has 0 bridgehead atoms. The first kappa shape index (κ1) is 14.5. The highest BCUT2D eigenvalue weighted by Gasteiger charge is 2.23. The van der Waals surface area contributed by atoms with Crippen LogP contribution < -0.4 is 4.90 Å². The zero-order valence-electron chi connectivity index (χ0n) is 12.8. The summed E-state index contributed by atoms with van der Waals surface area (Å²) in [5.41, 5.74) is 2.09. The summed E-state index contributed by atoms with van der Waals surface area (Å²) in [5.74, 6) is 2.06. The lowest BCUT2D eigenvalue weighted by molar-refractivity contribution is 0.665. The van der Waals surface area contributed by atoms with Gasteiger partial charge in [-0.2, -0.15) is 0 Å². The molecule has 23 heavy (non-hydrogen) atoms. The minimum atomic E-state index is 0.546. The number of hydrogen-bond acceptors (Lipinski definition) is 3. The van der Waals surface area contributed by atoms with Crippen LogP contribution in [0.2, 0.25) is 0 Å². The van der Waals surface area contributed by atoms with Gasteiger partial charge in [0, 0.05) is 30.7 Å². The van der Waals surface area contributed by atoms with Crippen LogP contribution in [0.3, 0.4) is 0 Å². The van der Waals surface area contributed by atoms with Crippen molar-refractivity contribution in [3.8, 4) is 11.3 Å². The molecule has 1 atom stereocenters. The van der Waals surface area contributed by atoms with Gasteiger partial charge in [0.1, 0.15) is 0 Å². The summed E-state index contributed by atoms with van der Waals surface area (Å²) >= 11 is 5.98. The average molecular weight is 324 g/mol. The van der Waals surface area contributed by atoms with Crippen molar-refractivity contribution in [1.82, 2.24) is 9.97 Å². The Morgan fingerprint density at radius 1 is 1.09 bits per heavy atom. The Labute approximate surface area is 140 Å². The molecule has 0 aliphatic carbocycles. The van der Waals surface area contributed by atoms with E-state index < -0.39 is 0 Å². The third-order valence-corrected chi connectivity index (χ3v) is 4.91. The molecule has 0 radical (unpaired) electrons. The number of anilines is 1. The molecule has 1 unspecified atom stereocenters. The number of halogens is 1. The van der Waals surface area contributed by atoms with Crippen molar-refractivity contribution in [2.24, 2.45) is 5.92 Å². The quantitative estimate of drug-likeness (QED) is 0.670. The van der Waals surface area contributed by atoms with Gasteiger partial charge in [0.15, 0.2) is 0 Å². The van der Waals surface area contributed by atoms with Crippen LogP contribution in [-0.4, -0.2) is 28.9 Å². The molecule has 1 aromatic heterocycles. The van der Waals surface area contributed by atoms with Crippen molar-refractivity contribution in [3.05, 3.63) is 54.7 Å². The molecule has 116 valence electrons. The average Bonchev–Trinajstić information content (AvgIpc) is 3.11. The van der Waals surface area contributed by atoms with E-state index in [-0.39, 0.29) is 0 Å². The molecule has 3 nitrogen and oxygen atoms in total. The van der Waals surface area contributed by atoms with E-state index in [0.29, 0.717) is 11.8 Å². The van der Waals surface area contributed by atoms with E-state index in [2.05, 4.69) is 52.3 Å². The smallest absolute Gasteiger partial charge is 0.225 e. The van der Waals surface area contributed by atoms with Gasteiger partial charge in [0.05, 0.1) is 5.69 Å². The van der Waals surface area contributed by atoms with Crippen molar-refractivity contribution < 1.29 is 0 Å². The first-order chi connectivity index (χ1) is 11.3. The third-order valence-electron chi connectivity index (χ3n) is 4.48. The molecular formula is C19H18ClN3. The normalized spacial score (nSPS) is 17.8. The Balaban J connectivity index is 1.67. The molecule has 1 aliphatic heterocycles. The Kier molecular flexibility index (Phi) is 3.88. The zero-order chi connectivity index (χ0) is 15.6. The van der Waals surface area contributed by atoms with Crippen LogP contribution in [0.15, 0.2) is 54.7 Å². The minimum Gasteiger partial charge on any atom is -0.340 e. The molecule has 0 N–H and O–H groups in total. The van der Waals surface area contributed by atoms with Gasteiger partial charge in [0.2, 0.25) is 5.95 Å². The number of aromatic nitrogens is 2. The minimum absolute atomic E-state index is 0.546. The summed E-state index contributed by atoms with van der Waals surface area (Å²) in [6.45, 7) is 1.93. The van der Waals surface area contributed by atoms with Crippen molar-refractivity contribution in [3.63, 3.8) is 0 Å². The molecule has 1 fully saturated rings. The summed E-state index contributed by atoms with van der Waals surface area (Å²) in [6.07, 6.45) is 2.97. The van der Waals surface area contributed by atoms with Gasteiger partial charge in [-0.15, -0.1) is 11.6 Å². The second-order valence-electron chi connectivity index (χ2n) is 6.06. The molecular weight excluding hydrogens is 306 g/mol. The van der Waals surface area contributed by atoms with Gasteiger partial charge >= 0.3 is 0 Å². The number of nitrogens with zero attached hydrogens (tertiary/aromatic N) is 3. The molecule has 4 rings (SSSR count). The Morgan fingerprint density at radius 2 is 1.96 bits per heavy atom.